The molecule has 0 atom stereocenters. The summed E-state index contributed by atoms with van der Waals surface area (Å²) in [6, 6.07) is 14.5. The van der Waals surface area contributed by atoms with Crippen LogP contribution in [0.1, 0.15) is 11.1 Å². The second kappa shape index (κ2) is 5.14. The van der Waals surface area contributed by atoms with Crippen molar-refractivity contribution in [2.75, 3.05) is 11.5 Å². The van der Waals surface area contributed by atoms with Crippen molar-refractivity contribution in [3.63, 3.8) is 0 Å². The largest absolute Gasteiger partial charge is 0.445 e. The Morgan fingerprint density at radius 1 is 0.913 bits per heavy atom. The Hall–Kier alpha value is -3.34. The maximum Gasteiger partial charge on any atom is 0.233 e. The average Bonchev–Trinajstić information content (AvgIpc) is 2.96. The molecule has 0 saturated heterocycles. The van der Waals surface area contributed by atoms with Gasteiger partial charge in [-0.05, 0) is 22.4 Å². The fourth-order valence-corrected chi connectivity index (χ4v) is 2.63. The predicted molar refractivity (Wildman–Crippen MR) is 93.5 cm³/mol. The van der Waals surface area contributed by atoms with Gasteiger partial charge >= 0.3 is 0 Å². The first-order valence-electron chi connectivity index (χ1n) is 7.18. The number of hydrogen-bond donors (Lipinski definition) is 2. The minimum Gasteiger partial charge on any atom is -0.445 e. The van der Waals surface area contributed by atoms with Crippen molar-refractivity contribution in [2.45, 2.75) is 0 Å². The van der Waals surface area contributed by atoms with E-state index in [-0.39, 0.29) is 5.95 Å². The predicted octanol–water partition coefficient (Wildman–Crippen LogP) is 3.71. The van der Waals surface area contributed by atoms with Crippen molar-refractivity contribution < 1.29 is 4.42 Å². The van der Waals surface area contributed by atoms with E-state index in [1.807, 2.05) is 24.3 Å². The summed E-state index contributed by atoms with van der Waals surface area (Å²) in [6.07, 6.45) is 5.55. The standard InChI is InChI=1S/C18H14N4O/c19-16-15-14(10-23-17(15)22-18(20)21-16)8-6-11-5-7-12-3-1-2-4-13(12)9-11/h1-10H,(H4,19,20,21,22)/b8-6+. The van der Waals surface area contributed by atoms with Gasteiger partial charge in [0.25, 0.3) is 0 Å². The van der Waals surface area contributed by atoms with Gasteiger partial charge in [-0.3, -0.25) is 0 Å². The summed E-state index contributed by atoms with van der Waals surface area (Å²) < 4.78 is 5.41. The molecule has 2 heterocycles. The Morgan fingerprint density at radius 2 is 1.74 bits per heavy atom. The maximum absolute atomic E-state index is 5.92. The van der Waals surface area contributed by atoms with Gasteiger partial charge in [0, 0.05) is 5.56 Å². The molecule has 0 unspecified atom stereocenters. The molecule has 0 fully saturated rings. The quantitative estimate of drug-likeness (QED) is 0.589. The number of nitrogen functional groups attached to an aromatic ring is 2. The number of rotatable bonds is 2. The fraction of sp³-hybridized carbons (Fsp3) is 0. The van der Waals surface area contributed by atoms with E-state index >= 15 is 0 Å². The molecular formula is C18H14N4O. The number of benzene rings is 2. The smallest absolute Gasteiger partial charge is 0.233 e. The van der Waals surface area contributed by atoms with E-state index in [0.717, 1.165) is 11.1 Å². The van der Waals surface area contributed by atoms with Crippen LogP contribution in [0.5, 0.6) is 0 Å². The maximum atomic E-state index is 5.92. The summed E-state index contributed by atoms with van der Waals surface area (Å²) in [7, 11) is 0. The monoisotopic (exact) mass is 302 g/mol. The zero-order valence-corrected chi connectivity index (χ0v) is 12.2. The molecular weight excluding hydrogens is 288 g/mol. The normalized spacial score (nSPS) is 11.7. The van der Waals surface area contributed by atoms with Crippen LogP contribution >= 0.6 is 0 Å². The third-order valence-corrected chi connectivity index (χ3v) is 3.74. The molecule has 112 valence electrons. The lowest BCUT2D eigenvalue weighted by atomic mass is 10.1. The third-order valence-electron chi connectivity index (χ3n) is 3.74. The molecule has 5 heteroatoms. The molecule has 0 spiro atoms. The molecule has 2 aromatic heterocycles. The number of furan rings is 1. The molecule has 23 heavy (non-hydrogen) atoms. The Bertz CT molecular complexity index is 1050. The van der Waals surface area contributed by atoms with Crippen LogP contribution in [0.4, 0.5) is 11.8 Å². The van der Waals surface area contributed by atoms with Gasteiger partial charge in [-0.2, -0.15) is 9.97 Å². The van der Waals surface area contributed by atoms with Gasteiger partial charge in [0.05, 0.1) is 5.39 Å². The SMILES string of the molecule is Nc1nc(N)c2c(/C=C/c3ccc4ccccc4c3)coc2n1. The van der Waals surface area contributed by atoms with Crippen LogP contribution in [0.2, 0.25) is 0 Å². The molecule has 0 radical (unpaired) electrons. The zero-order chi connectivity index (χ0) is 15.8. The summed E-state index contributed by atoms with van der Waals surface area (Å²) in [5.41, 5.74) is 13.8. The summed E-state index contributed by atoms with van der Waals surface area (Å²) in [5, 5.41) is 3.09. The molecule has 0 aliphatic rings. The van der Waals surface area contributed by atoms with E-state index in [9.17, 15) is 0 Å². The van der Waals surface area contributed by atoms with Crippen LogP contribution in [-0.2, 0) is 0 Å². The van der Waals surface area contributed by atoms with Gasteiger partial charge in [-0.1, -0.05) is 48.6 Å². The first-order chi connectivity index (χ1) is 11.2. The number of nitrogens with zero attached hydrogens (tertiary/aromatic N) is 2. The zero-order valence-electron chi connectivity index (χ0n) is 12.2. The van der Waals surface area contributed by atoms with E-state index in [2.05, 4.69) is 40.3 Å². The number of nitrogens with two attached hydrogens (primary N) is 2. The van der Waals surface area contributed by atoms with Crippen molar-refractivity contribution in [3.05, 3.63) is 59.9 Å². The Balaban J connectivity index is 1.75. The lowest BCUT2D eigenvalue weighted by Gasteiger charge is -1.99. The van der Waals surface area contributed by atoms with Crippen molar-refractivity contribution in [2.24, 2.45) is 0 Å². The highest BCUT2D eigenvalue weighted by molar-refractivity contribution is 5.96. The van der Waals surface area contributed by atoms with E-state index in [4.69, 9.17) is 15.9 Å². The molecule has 4 rings (SSSR count). The highest BCUT2D eigenvalue weighted by Gasteiger charge is 2.10. The number of anilines is 2. The molecule has 0 saturated carbocycles. The van der Waals surface area contributed by atoms with E-state index < -0.39 is 0 Å². The Kier molecular flexibility index (Phi) is 2.98. The molecule has 4 aromatic rings. The highest BCUT2D eigenvalue weighted by Crippen LogP contribution is 2.27. The fourth-order valence-electron chi connectivity index (χ4n) is 2.63. The first kappa shape index (κ1) is 13.3. The second-order valence-corrected chi connectivity index (χ2v) is 5.28. The minimum atomic E-state index is 0.106. The summed E-state index contributed by atoms with van der Waals surface area (Å²) in [6.45, 7) is 0. The van der Waals surface area contributed by atoms with Crippen molar-refractivity contribution in [1.82, 2.24) is 9.97 Å². The number of aromatic nitrogens is 2. The van der Waals surface area contributed by atoms with Gasteiger partial charge < -0.3 is 15.9 Å². The van der Waals surface area contributed by atoms with Crippen molar-refractivity contribution in [1.29, 1.82) is 0 Å². The molecule has 0 amide bonds. The van der Waals surface area contributed by atoms with Gasteiger partial charge in [0.1, 0.15) is 12.1 Å². The van der Waals surface area contributed by atoms with E-state index in [1.165, 1.54) is 10.8 Å². The number of fused-ring (bicyclic) bond motifs is 2. The second-order valence-electron chi connectivity index (χ2n) is 5.28. The van der Waals surface area contributed by atoms with Crippen LogP contribution in [0.25, 0.3) is 34.0 Å². The molecule has 2 aromatic carbocycles. The van der Waals surface area contributed by atoms with Crippen LogP contribution < -0.4 is 11.5 Å². The Morgan fingerprint density at radius 3 is 2.61 bits per heavy atom. The van der Waals surface area contributed by atoms with Gasteiger partial charge in [-0.15, -0.1) is 0 Å². The lowest BCUT2D eigenvalue weighted by Crippen LogP contribution is -1.99. The van der Waals surface area contributed by atoms with Crippen LogP contribution in [-0.4, -0.2) is 9.97 Å². The average molecular weight is 302 g/mol. The van der Waals surface area contributed by atoms with Crippen molar-refractivity contribution in [3.8, 4) is 0 Å². The number of hydrogen-bond acceptors (Lipinski definition) is 5. The molecule has 0 aliphatic heterocycles. The van der Waals surface area contributed by atoms with E-state index in [0.29, 0.717) is 16.9 Å². The van der Waals surface area contributed by atoms with Gasteiger partial charge in [0.15, 0.2) is 0 Å². The lowest BCUT2D eigenvalue weighted by molar-refractivity contribution is 0.602. The van der Waals surface area contributed by atoms with Gasteiger partial charge in [0.2, 0.25) is 11.7 Å². The first-order valence-corrected chi connectivity index (χ1v) is 7.18. The third kappa shape index (κ3) is 2.38. The summed E-state index contributed by atoms with van der Waals surface area (Å²) in [5.74, 6) is 0.425. The van der Waals surface area contributed by atoms with E-state index in [1.54, 1.807) is 6.26 Å². The van der Waals surface area contributed by atoms with Crippen LogP contribution in [0.15, 0.2) is 53.1 Å². The summed E-state index contributed by atoms with van der Waals surface area (Å²) >= 11 is 0. The molecule has 5 nitrogen and oxygen atoms in total. The topological polar surface area (TPSA) is 91.0 Å². The molecule has 0 aliphatic carbocycles. The Labute approximate surface area is 132 Å². The molecule has 0 bridgehead atoms. The van der Waals surface area contributed by atoms with Crippen LogP contribution in [0, 0.1) is 0 Å². The highest BCUT2D eigenvalue weighted by atomic mass is 16.3. The summed E-state index contributed by atoms with van der Waals surface area (Å²) in [4.78, 5) is 8.02. The molecule has 4 N–H and O–H groups in total. The van der Waals surface area contributed by atoms with Crippen molar-refractivity contribution >= 4 is 45.8 Å². The minimum absolute atomic E-state index is 0.106. The van der Waals surface area contributed by atoms with Gasteiger partial charge in [-0.25, -0.2) is 0 Å². The van der Waals surface area contributed by atoms with Crippen LogP contribution in [0.3, 0.4) is 0 Å².